The Morgan fingerprint density at radius 2 is 1.58 bits per heavy atom. The van der Waals surface area contributed by atoms with Crippen molar-refractivity contribution < 1.29 is 4.39 Å². The van der Waals surface area contributed by atoms with Crippen molar-refractivity contribution in [3.05, 3.63) is 72.2 Å². The fraction of sp³-hybridized carbons (Fsp3) is 0.130. The maximum absolute atomic E-state index is 14.6. The average Bonchev–Trinajstić information content (AvgIpc) is 3.12. The van der Waals surface area contributed by atoms with E-state index in [0.717, 1.165) is 28.1 Å². The maximum Gasteiger partial charge on any atom is 0.182 e. The third-order valence-electron chi connectivity index (χ3n) is 5.20. The smallest absolute Gasteiger partial charge is 0.182 e. The van der Waals surface area contributed by atoms with Crippen molar-refractivity contribution in [3.8, 4) is 33.9 Å². The van der Waals surface area contributed by atoms with Crippen LogP contribution in [-0.4, -0.2) is 34.7 Å². The molecule has 0 aliphatic carbocycles. The van der Waals surface area contributed by atoms with Gasteiger partial charge < -0.3 is 0 Å². The van der Waals surface area contributed by atoms with Gasteiger partial charge in [-0.05, 0) is 43.2 Å². The standard InChI is InChI=1S/C23H18FN7/c1-13-14(2)28-23-20(27-13)19(21-18(24)12-26-31(21)3)29-22(30-23)17-6-4-5-16(11-17)15-7-9-25-10-8-15/h4-12H,1-3H3. The highest BCUT2D eigenvalue weighted by molar-refractivity contribution is 5.88. The molecular formula is C23H18FN7. The molecule has 0 saturated heterocycles. The van der Waals surface area contributed by atoms with Gasteiger partial charge in [-0.1, -0.05) is 18.2 Å². The molecule has 0 amide bonds. The number of nitrogens with zero attached hydrogens (tertiary/aromatic N) is 7. The fourth-order valence-electron chi connectivity index (χ4n) is 3.47. The monoisotopic (exact) mass is 411 g/mol. The van der Waals surface area contributed by atoms with Gasteiger partial charge >= 0.3 is 0 Å². The fourth-order valence-corrected chi connectivity index (χ4v) is 3.47. The Kier molecular flexibility index (Phi) is 4.47. The van der Waals surface area contributed by atoms with E-state index >= 15 is 0 Å². The number of aryl methyl sites for hydroxylation is 3. The zero-order chi connectivity index (χ0) is 21.5. The normalized spacial score (nSPS) is 11.2. The van der Waals surface area contributed by atoms with Crippen LogP contribution in [-0.2, 0) is 7.05 Å². The number of benzene rings is 1. The summed E-state index contributed by atoms with van der Waals surface area (Å²) in [5.41, 5.74) is 5.80. The van der Waals surface area contributed by atoms with Crippen molar-refractivity contribution in [3.63, 3.8) is 0 Å². The van der Waals surface area contributed by atoms with Crippen LogP contribution in [0.1, 0.15) is 11.4 Å². The molecule has 7 nitrogen and oxygen atoms in total. The largest absolute Gasteiger partial charge is 0.265 e. The van der Waals surface area contributed by atoms with E-state index in [2.05, 4.69) is 25.0 Å². The lowest BCUT2D eigenvalue weighted by Crippen LogP contribution is -2.05. The molecule has 8 heteroatoms. The zero-order valence-corrected chi connectivity index (χ0v) is 17.2. The number of fused-ring (bicyclic) bond motifs is 1. The van der Waals surface area contributed by atoms with Crippen molar-refractivity contribution in [1.82, 2.24) is 34.7 Å². The molecule has 5 rings (SSSR count). The van der Waals surface area contributed by atoms with Crippen molar-refractivity contribution in [2.24, 2.45) is 7.05 Å². The van der Waals surface area contributed by atoms with Crippen LogP contribution in [0.3, 0.4) is 0 Å². The molecule has 0 unspecified atom stereocenters. The Balaban J connectivity index is 1.77. The van der Waals surface area contributed by atoms with Gasteiger partial charge in [0.2, 0.25) is 0 Å². The minimum Gasteiger partial charge on any atom is -0.265 e. The first kappa shape index (κ1) is 18.9. The van der Waals surface area contributed by atoms with Gasteiger partial charge in [-0.3, -0.25) is 9.67 Å². The van der Waals surface area contributed by atoms with Gasteiger partial charge in [0.05, 0.1) is 17.6 Å². The summed E-state index contributed by atoms with van der Waals surface area (Å²) < 4.78 is 16.1. The van der Waals surface area contributed by atoms with Crippen LogP contribution in [0.5, 0.6) is 0 Å². The van der Waals surface area contributed by atoms with Crippen LogP contribution in [0, 0.1) is 19.7 Å². The second-order valence-corrected chi connectivity index (χ2v) is 7.24. The van der Waals surface area contributed by atoms with Crippen LogP contribution >= 0.6 is 0 Å². The lowest BCUT2D eigenvalue weighted by Gasteiger charge is -2.11. The number of rotatable bonds is 3. The number of pyridine rings is 1. The van der Waals surface area contributed by atoms with Gasteiger partial charge in [-0.2, -0.15) is 5.10 Å². The van der Waals surface area contributed by atoms with Crippen LogP contribution < -0.4 is 0 Å². The number of halogens is 1. The quantitative estimate of drug-likeness (QED) is 0.440. The SMILES string of the molecule is Cc1nc2nc(-c3cccc(-c4ccncc4)c3)nc(-c3c(F)cnn3C)c2nc1C. The number of aromatic nitrogens is 7. The Bertz CT molecular complexity index is 1410. The van der Waals surface area contributed by atoms with Gasteiger partial charge in [0.15, 0.2) is 17.3 Å². The molecule has 0 saturated carbocycles. The highest BCUT2D eigenvalue weighted by atomic mass is 19.1. The summed E-state index contributed by atoms with van der Waals surface area (Å²) in [6, 6.07) is 11.7. The van der Waals surface area contributed by atoms with Gasteiger partial charge in [0, 0.05) is 25.0 Å². The van der Waals surface area contributed by atoms with Gasteiger partial charge in [0.25, 0.3) is 0 Å². The van der Waals surface area contributed by atoms with E-state index < -0.39 is 5.82 Å². The summed E-state index contributed by atoms with van der Waals surface area (Å²) in [5.74, 6) is -0.0319. The molecule has 0 aliphatic heterocycles. The van der Waals surface area contributed by atoms with Gasteiger partial charge in [-0.25, -0.2) is 24.3 Å². The second-order valence-electron chi connectivity index (χ2n) is 7.24. The van der Waals surface area contributed by atoms with Crippen LogP contribution in [0.4, 0.5) is 4.39 Å². The first-order chi connectivity index (χ1) is 15.0. The second kappa shape index (κ2) is 7.32. The van der Waals surface area contributed by atoms with E-state index in [1.807, 2.05) is 50.2 Å². The van der Waals surface area contributed by atoms with E-state index in [4.69, 9.17) is 4.98 Å². The summed E-state index contributed by atoms with van der Waals surface area (Å²) in [4.78, 5) is 22.7. The number of hydrogen-bond acceptors (Lipinski definition) is 6. The molecule has 1 aromatic carbocycles. The number of hydrogen-bond donors (Lipinski definition) is 0. The molecule has 5 aromatic rings. The Labute approximate surface area is 177 Å². The summed E-state index contributed by atoms with van der Waals surface area (Å²) in [6.45, 7) is 3.73. The molecule has 0 bridgehead atoms. The third-order valence-corrected chi connectivity index (χ3v) is 5.20. The first-order valence-electron chi connectivity index (χ1n) is 9.73. The van der Waals surface area contributed by atoms with Crippen LogP contribution in [0.25, 0.3) is 45.1 Å². The highest BCUT2D eigenvalue weighted by Crippen LogP contribution is 2.30. The van der Waals surface area contributed by atoms with Crippen LogP contribution in [0.2, 0.25) is 0 Å². The van der Waals surface area contributed by atoms with Crippen molar-refractivity contribution in [2.45, 2.75) is 13.8 Å². The predicted molar refractivity (Wildman–Crippen MR) is 115 cm³/mol. The van der Waals surface area contributed by atoms with Gasteiger partial charge in [0.1, 0.15) is 16.9 Å². The molecule has 4 heterocycles. The first-order valence-corrected chi connectivity index (χ1v) is 9.73. The average molecular weight is 411 g/mol. The molecule has 0 radical (unpaired) electrons. The Hall–Kier alpha value is -4.07. The molecule has 4 aromatic heterocycles. The molecule has 0 fully saturated rings. The highest BCUT2D eigenvalue weighted by Gasteiger charge is 2.21. The Morgan fingerprint density at radius 3 is 2.32 bits per heavy atom. The maximum atomic E-state index is 14.6. The third kappa shape index (κ3) is 3.31. The molecule has 152 valence electrons. The van der Waals surface area contributed by atoms with E-state index in [-0.39, 0.29) is 5.69 Å². The summed E-state index contributed by atoms with van der Waals surface area (Å²) in [5, 5.41) is 4.02. The molecule has 31 heavy (non-hydrogen) atoms. The molecule has 0 spiro atoms. The van der Waals surface area contributed by atoms with E-state index in [0.29, 0.717) is 22.7 Å². The summed E-state index contributed by atoms with van der Waals surface area (Å²) in [7, 11) is 1.67. The van der Waals surface area contributed by atoms with E-state index in [1.54, 1.807) is 19.4 Å². The van der Waals surface area contributed by atoms with Crippen molar-refractivity contribution in [1.29, 1.82) is 0 Å². The zero-order valence-electron chi connectivity index (χ0n) is 17.2. The molecule has 0 N–H and O–H groups in total. The lowest BCUT2D eigenvalue weighted by atomic mass is 10.0. The van der Waals surface area contributed by atoms with Crippen molar-refractivity contribution >= 4 is 11.2 Å². The topological polar surface area (TPSA) is 82.3 Å². The minimum atomic E-state index is -0.473. The molecule has 0 aliphatic rings. The van der Waals surface area contributed by atoms with Crippen molar-refractivity contribution in [2.75, 3.05) is 0 Å². The van der Waals surface area contributed by atoms with Crippen LogP contribution in [0.15, 0.2) is 55.0 Å². The lowest BCUT2D eigenvalue weighted by molar-refractivity contribution is 0.629. The van der Waals surface area contributed by atoms with Gasteiger partial charge in [-0.15, -0.1) is 0 Å². The summed E-state index contributed by atoms with van der Waals surface area (Å²) >= 11 is 0. The van der Waals surface area contributed by atoms with E-state index in [9.17, 15) is 4.39 Å². The molecule has 0 atom stereocenters. The predicted octanol–water partition coefficient (Wildman–Crippen LogP) is 4.31. The molecular weight excluding hydrogens is 393 g/mol. The summed E-state index contributed by atoms with van der Waals surface area (Å²) in [6.07, 6.45) is 4.67. The van der Waals surface area contributed by atoms with E-state index in [1.165, 1.54) is 10.9 Å². The minimum absolute atomic E-state index is 0.247. The Morgan fingerprint density at radius 1 is 0.839 bits per heavy atom.